The molecule has 0 N–H and O–H groups in total. The number of hydrogen-bond donors (Lipinski definition) is 0. The first-order chi connectivity index (χ1) is 24.8. The zero-order chi connectivity index (χ0) is 36.7. The summed E-state index contributed by atoms with van der Waals surface area (Å²) in [6.07, 6.45) is 0. The van der Waals surface area contributed by atoms with E-state index in [1.54, 1.807) is 6.07 Å². The van der Waals surface area contributed by atoms with Gasteiger partial charge in [0.1, 0.15) is 12.1 Å². The maximum atomic E-state index is 10.1. The van der Waals surface area contributed by atoms with Gasteiger partial charge < -0.3 is 9.13 Å². The van der Waals surface area contributed by atoms with Crippen molar-refractivity contribution in [1.29, 1.82) is 10.5 Å². The molecule has 52 heavy (non-hydrogen) atoms. The topological polar surface area (TPSA) is 57.4 Å². The summed E-state index contributed by atoms with van der Waals surface area (Å²) >= 11 is 0. The van der Waals surface area contributed by atoms with Crippen molar-refractivity contribution in [1.82, 2.24) is 9.13 Å². The Morgan fingerprint density at radius 1 is 0.500 bits per heavy atom. The van der Waals surface area contributed by atoms with Gasteiger partial charge in [0, 0.05) is 32.8 Å². The molecule has 0 aliphatic heterocycles. The van der Waals surface area contributed by atoms with Gasteiger partial charge in [-0.05, 0) is 107 Å². The molecule has 6 aromatic carbocycles. The molecule has 8 aromatic rings. The number of para-hydroxylation sites is 2. The number of nitriles is 2. The molecule has 0 amide bonds. The molecule has 0 radical (unpaired) electrons. The fourth-order valence-electron chi connectivity index (χ4n) is 7.96. The van der Waals surface area contributed by atoms with Crippen LogP contribution in [0.5, 0.6) is 0 Å². The van der Waals surface area contributed by atoms with Crippen molar-refractivity contribution in [2.24, 2.45) is 0 Å². The molecule has 0 fully saturated rings. The predicted octanol–water partition coefficient (Wildman–Crippen LogP) is 12.5. The zero-order valence-electron chi connectivity index (χ0n) is 31.2. The van der Waals surface area contributed by atoms with Crippen LogP contribution in [0.3, 0.4) is 0 Å². The van der Waals surface area contributed by atoms with Crippen molar-refractivity contribution in [3.8, 4) is 34.6 Å². The molecule has 8 rings (SSSR count). The lowest BCUT2D eigenvalue weighted by Crippen LogP contribution is -2.10. The minimum Gasteiger partial charge on any atom is -0.309 e. The van der Waals surface area contributed by atoms with Gasteiger partial charge in [-0.15, -0.1) is 0 Å². The van der Waals surface area contributed by atoms with E-state index < -0.39 is 0 Å². The van der Waals surface area contributed by atoms with Gasteiger partial charge in [0.2, 0.25) is 0 Å². The molecular formula is C48H42N4. The SMILES string of the molecule is Cc1cccc(C)c1-n1c2ccccc2c2cc(-n3c4ccc(C(C)(C)C)cc4c4cc(C(C)(C)C)ccc43)cc(-c3ccc(C#N)c(C#N)c3)c21. The van der Waals surface area contributed by atoms with E-state index in [1.165, 1.54) is 33.0 Å². The third-order valence-electron chi connectivity index (χ3n) is 10.7. The second-order valence-electron chi connectivity index (χ2n) is 16.3. The van der Waals surface area contributed by atoms with E-state index in [0.717, 1.165) is 55.3 Å². The standard InChI is InChI=1S/C48H42N4/c1-29-12-11-13-30(2)45(29)52-42-15-10-9-14-37(42)41-26-36(25-38(46(41)52)31-16-17-32(27-49)33(22-31)28-50)51-43-20-18-34(47(3,4)5)23-39(43)40-24-35(48(6,7)8)19-21-44(40)51/h9-26H,1-8H3. The molecule has 0 atom stereocenters. The molecule has 254 valence electrons. The summed E-state index contributed by atoms with van der Waals surface area (Å²) in [5.41, 5.74) is 14.3. The highest BCUT2D eigenvalue weighted by Crippen LogP contribution is 2.44. The summed E-state index contributed by atoms with van der Waals surface area (Å²) < 4.78 is 4.81. The van der Waals surface area contributed by atoms with Crippen LogP contribution in [0.2, 0.25) is 0 Å². The lowest BCUT2D eigenvalue weighted by atomic mass is 9.85. The molecule has 0 unspecified atom stereocenters. The summed E-state index contributed by atoms with van der Waals surface area (Å²) in [5, 5.41) is 24.7. The zero-order valence-corrected chi connectivity index (χ0v) is 31.2. The van der Waals surface area contributed by atoms with Crippen LogP contribution in [-0.4, -0.2) is 9.13 Å². The highest BCUT2D eigenvalue weighted by Gasteiger charge is 2.24. The monoisotopic (exact) mass is 674 g/mol. The van der Waals surface area contributed by atoms with Crippen LogP contribution in [0, 0.1) is 36.5 Å². The Hall–Kier alpha value is -6.10. The molecule has 4 nitrogen and oxygen atoms in total. The van der Waals surface area contributed by atoms with Crippen LogP contribution in [0.1, 0.15) is 74.9 Å². The molecule has 0 saturated heterocycles. The lowest BCUT2D eigenvalue weighted by Gasteiger charge is -2.19. The van der Waals surface area contributed by atoms with Gasteiger partial charge in [-0.3, -0.25) is 0 Å². The number of aryl methyl sites for hydroxylation is 2. The van der Waals surface area contributed by atoms with Gasteiger partial charge in [-0.25, -0.2) is 0 Å². The van der Waals surface area contributed by atoms with Crippen molar-refractivity contribution in [2.75, 3.05) is 0 Å². The van der Waals surface area contributed by atoms with Crippen molar-refractivity contribution in [3.63, 3.8) is 0 Å². The van der Waals surface area contributed by atoms with Crippen LogP contribution >= 0.6 is 0 Å². The fourth-order valence-corrected chi connectivity index (χ4v) is 7.96. The summed E-state index contributed by atoms with van der Waals surface area (Å²) in [7, 11) is 0. The van der Waals surface area contributed by atoms with E-state index in [0.29, 0.717) is 11.1 Å². The van der Waals surface area contributed by atoms with Crippen LogP contribution in [0.4, 0.5) is 0 Å². The van der Waals surface area contributed by atoms with Crippen molar-refractivity contribution in [3.05, 3.63) is 143 Å². The molecule has 2 aromatic heterocycles. The van der Waals surface area contributed by atoms with Crippen LogP contribution in [0.25, 0.3) is 66.1 Å². The Kier molecular flexibility index (Phi) is 7.46. The normalized spacial score (nSPS) is 12.2. The number of rotatable bonds is 3. The van der Waals surface area contributed by atoms with Gasteiger partial charge in [0.15, 0.2) is 0 Å². The Labute approximate surface area is 305 Å². The summed E-state index contributed by atoms with van der Waals surface area (Å²) in [6, 6.07) is 43.7. The number of aromatic nitrogens is 2. The quantitative estimate of drug-likeness (QED) is 0.187. The second-order valence-corrected chi connectivity index (χ2v) is 16.3. The molecule has 0 aliphatic carbocycles. The fraction of sp³-hybridized carbons (Fsp3) is 0.208. The molecule has 0 saturated carbocycles. The Balaban J connectivity index is 1.56. The molecule has 0 spiro atoms. The van der Waals surface area contributed by atoms with Gasteiger partial charge in [-0.2, -0.15) is 10.5 Å². The molecule has 4 heteroatoms. The number of nitrogens with zero attached hydrogens (tertiary/aromatic N) is 4. The van der Waals surface area contributed by atoms with Crippen molar-refractivity contribution in [2.45, 2.75) is 66.2 Å². The van der Waals surface area contributed by atoms with Crippen LogP contribution in [-0.2, 0) is 10.8 Å². The van der Waals surface area contributed by atoms with E-state index in [-0.39, 0.29) is 10.8 Å². The largest absolute Gasteiger partial charge is 0.309 e. The minimum atomic E-state index is -0.000102. The maximum absolute atomic E-state index is 10.1. The predicted molar refractivity (Wildman–Crippen MR) is 217 cm³/mol. The summed E-state index contributed by atoms with van der Waals surface area (Å²) in [6.45, 7) is 18.0. The molecule has 0 aliphatic rings. The smallest absolute Gasteiger partial charge is 0.101 e. The van der Waals surface area contributed by atoms with Gasteiger partial charge in [0.25, 0.3) is 0 Å². The molecule has 2 heterocycles. The third-order valence-corrected chi connectivity index (χ3v) is 10.7. The number of benzene rings is 6. The first kappa shape index (κ1) is 33.1. The first-order valence-corrected chi connectivity index (χ1v) is 18.0. The van der Waals surface area contributed by atoms with Crippen LogP contribution < -0.4 is 0 Å². The highest BCUT2D eigenvalue weighted by molar-refractivity contribution is 6.16. The number of fused-ring (bicyclic) bond motifs is 6. The summed E-state index contributed by atoms with van der Waals surface area (Å²) in [5.74, 6) is 0. The Morgan fingerprint density at radius 2 is 1.08 bits per heavy atom. The maximum Gasteiger partial charge on any atom is 0.101 e. The number of hydrogen-bond acceptors (Lipinski definition) is 2. The van der Waals surface area contributed by atoms with E-state index in [2.05, 4.69) is 168 Å². The van der Waals surface area contributed by atoms with Gasteiger partial charge in [0.05, 0.1) is 38.9 Å². The third kappa shape index (κ3) is 5.10. The van der Waals surface area contributed by atoms with Gasteiger partial charge in [-0.1, -0.05) is 96.1 Å². The Bertz CT molecular complexity index is 2760. The van der Waals surface area contributed by atoms with E-state index >= 15 is 0 Å². The van der Waals surface area contributed by atoms with E-state index in [9.17, 15) is 10.5 Å². The van der Waals surface area contributed by atoms with E-state index in [4.69, 9.17) is 0 Å². The van der Waals surface area contributed by atoms with Gasteiger partial charge >= 0.3 is 0 Å². The lowest BCUT2D eigenvalue weighted by molar-refractivity contribution is 0.590. The average molecular weight is 675 g/mol. The minimum absolute atomic E-state index is 0.000102. The van der Waals surface area contributed by atoms with E-state index in [1.807, 2.05) is 12.1 Å². The highest BCUT2D eigenvalue weighted by atomic mass is 15.0. The van der Waals surface area contributed by atoms with Crippen LogP contribution in [0.15, 0.2) is 109 Å². The summed E-state index contributed by atoms with van der Waals surface area (Å²) in [4.78, 5) is 0. The van der Waals surface area contributed by atoms with Crippen molar-refractivity contribution >= 4 is 43.6 Å². The molecular weight excluding hydrogens is 633 g/mol. The first-order valence-electron chi connectivity index (χ1n) is 18.0. The molecule has 0 bridgehead atoms. The Morgan fingerprint density at radius 3 is 1.65 bits per heavy atom. The van der Waals surface area contributed by atoms with Crippen molar-refractivity contribution < 1.29 is 0 Å². The average Bonchev–Trinajstić information content (AvgIpc) is 3.62. The second kappa shape index (κ2) is 11.7.